The predicted molar refractivity (Wildman–Crippen MR) is 77.9 cm³/mol. The Labute approximate surface area is 132 Å². The first-order chi connectivity index (χ1) is 8.06. The molecule has 0 saturated heterocycles. The average Bonchev–Trinajstić information content (AvgIpc) is 2.24. The quantitative estimate of drug-likeness (QED) is 0.268. The van der Waals surface area contributed by atoms with Gasteiger partial charge in [-0.05, 0) is 6.42 Å². The molecule has 0 saturated carbocycles. The molecular weight excluding hydrogens is 447 g/mol. The van der Waals surface area contributed by atoms with Gasteiger partial charge in [0.15, 0.2) is 0 Å². The monoisotopic (exact) mass is 476 g/mol. The van der Waals surface area contributed by atoms with Crippen LogP contribution < -0.4 is 0 Å². The molecular formula is C12H28O4PbS. The Morgan fingerprint density at radius 2 is 1.22 bits per heavy atom. The Bertz CT molecular complexity index is 255. The molecule has 2 radical (unpaired) electrons. The second-order valence-electron chi connectivity index (χ2n) is 4.43. The molecule has 0 heterocycles. The fourth-order valence-corrected chi connectivity index (χ4v) is 2.08. The number of unbranched alkanes of at least 4 members (excludes halogenated alkanes) is 9. The molecule has 6 heteroatoms. The summed E-state index contributed by atoms with van der Waals surface area (Å²) < 4.78 is 33.0. The van der Waals surface area contributed by atoms with Crippen molar-refractivity contribution in [3.63, 3.8) is 0 Å². The zero-order valence-electron chi connectivity index (χ0n) is 11.6. The summed E-state index contributed by atoms with van der Waals surface area (Å²) >= 11 is 0. The first kappa shape index (κ1) is 21.1. The first-order valence-corrected chi connectivity index (χ1v) is 8.04. The van der Waals surface area contributed by atoms with Gasteiger partial charge in [0.2, 0.25) is 0 Å². The summed E-state index contributed by atoms with van der Waals surface area (Å²) in [5, 5.41) is 0. The van der Waals surface area contributed by atoms with Gasteiger partial charge in [0.05, 0.1) is 6.61 Å². The van der Waals surface area contributed by atoms with Crippen molar-refractivity contribution in [3.8, 4) is 0 Å². The van der Waals surface area contributed by atoms with E-state index in [1.807, 2.05) is 0 Å². The minimum absolute atomic E-state index is 0. The standard InChI is InChI=1S/C12H26O4S.Pb.2H/c1-2-3-4-5-6-7-8-9-10-11-12-16-17(13,14)15;;;/h2-12H2,1H3,(H,13,14,15);;;. The molecule has 18 heavy (non-hydrogen) atoms. The molecule has 4 nitrogen and oxygen atoms in total. The molecule has 110 valence electrons. The van der Waals surface area contributed by atoms with Crippen molar-refractivity contribution in [1.29, 1.82) is 0 Å². The topological polar surface area (TPSA) is 63.6 Å². The molecule has 0 spiro atoms. The summed E-state index contributed by atoms with van der Waals surface area (Å²) in [5.41, 5.74) is 0. The van der Waals surface area contributed by atoms with E-state index in [0.717, 1.165) is 12.8 Å². The van der Waals surface area contributed by atoms with Gasteiger partial charge in [0.25, 0.3) is 0 Å². The van der Waals surface area contributed by atoms with Crippen LogP contribution in [0.2, 0.25) is 0 Å². The van der Waals surface area contributed by atoms with Crippen molar-refractivity contribution in [2.45, 2.75) is 71.1 Å². The van der Waals surface area contributed by atoms with Crippen LogP contribution >= 0.6 is 0 Å². The second kappa shape index (κ2) is 14.2. The normalized spacial score (nSPS) is 11.2. The number of hydrogen-bond donors (Lipinski definition) is 1. The third kappa shape index (κ3) is 19.1. The van der Waals surface area contributed by atoms with Gasteiger partial charge in [-0.15, -0.1) is 0 Å². The van der Waals surface area contributed by atoms with E-state index in [1.54, 1.807) is 0 Å². The zero-order chi connectivity index (χ0) is 13.0. The van der Waals surface area contributed by atoms with Crippen molar-refractivity contribution in [2.24, 2.45) is 0 Å². The van der Waals surface area contributed by atoms with Crippen LogP contribution in [0.3, 0.4) is 0 Å². The van der Waals surface area contributed by atoms with Gasteiger partial charge in [0.1, 0.15) is 0 Å². The van der Waals surface area contributed by atoms with Crippen LogP contribution in [-0.4, -0.2) is 46.9 Å². The van der Waals surface area contributed by atoms with E-state index in [9.17, 15) is 8.42 Å². The van der Waals surface area contributed by atoms with Crippen LogP contribution in [0.25, 0.3) is 0 Å². The molecule has 0 bridgehead atoms. The molecule has 0 aliphatic heterocycles. The van der Waals surface area contributed by atoms with Gasteiger partial charge >= 0.3 is 37.7 Å². The van der Waals surface area contributed by atoms with Crippen molar-refractivity contribution < 1.29 is 17.2 Å². The summed E-state index contributed by atoms with van der Waals surface area (Å²) in [6.07, 6.45) is 11.9. The number of rotatable bonds is 12. The SMILES string of the molecule is CCCCCCCCCCCCOS(=O)(=O)O.[PbH2]. The first-order valence-electron chi connectivity index (χ1n) is 6.68. The second-order valence-corrected chi connectivity index (χ2v) is 5.52. The van der Waals surface area contributed by atoms with Crippen molar-refractivity contribution in [1.82, 2.24) is 0 Å². The molecule has 0 rings (SSSR count). The average molecular weight is 476 g/mol. The molecule has 0 fully saturated rings. The summed E-state index contributed by atoms with van der Waals surface area (Å²) in [6.45, 7) is 2.31. The van der Waals surface area contributed by atoms with Gasteiger partial charge in [-0.25, -0.2) is 4.18 Å². The van der Waals surface area contributed by atoms with Crippen LogP contribution in [0.5, 0.6) is 0 Å². The van der Waals surface area contributed by atoms with E-state index < -0.39 is 10.4 Å². The van der Waals surface area contributed by atoms with Gasteiger partial charge in [-0.3, -0.25) is 4.55 Å². The molecule has 0 atom stereocenters. The number of hydrogen-bond acceptors (Lipinski definition) is 3. The molecule has 1 N–H and O–H groups in total. The maximum absolute atomic E-state index is 10.2. The fraction of sp³-hybridized carbons (Fsp3) is 1.00. The van der Waals surface area contributed by atoms with E-state index in [4.69, 9.17) is 4.55 Å². The van der Waals surface area contributed by atoms with Gasteiger partial charge in [0, 0.05) is 0 Å². The van der Waals surface area contributed by atoms with Crippen LogP contribution in [0.4, 0.5) is 0 Å². The molecule has 0 aliphatic rings. The van der Waals surface area contributed by atoms with Crippen molar-refractivity contribution in [3.05, 3.63) is 0 Å². The van der Waals surface area contributed by atoms with Crippen molar-refractivity contribution >= 4 is 37.7 Å². The van der Waals surface area contributed by atoms with E-state index in [1.165, 1.54) is 44.9 Å². The summed E-state index contributed by atoms with van der Waals surface area (Å²) in [6, 6.07) is 0. The fourth-order valence-electron chi connectivity index (χ4n) is 1.75. The third-order valence-corrected chi connectivity index (χ3v) is 3.19. The zero-order valence-corrected chi connectivity index (χ0v) is 17.9. The van der Waals surface area contributed by atoms with Crippen LogP contribution in [0, 0.1) is 0 Å². The Hall–Kier alpha value is 0.792. The van der Waals surface area contributed by atoms with Gasteiger partial charge in [-0.1, -0.05) is 64.7 Å². The summed E-state index contributed by atoms with van der Waals surface area (Å²) in [7, 11) is -4.23. The van der Waals surface area contributed by atoms with Crippen LogP contribution in [0.15, 0.2) is 0 Å². The Morgan fingerprint density at radius 3 is 1.61 bits per heavy atom. The van der Waals surface area contributed by atoms with E-state index in [0.29, 0.717) is 6.42 Å². The van der Waals surface area contributed by atoms with E-state index >= 15 is 0 Å². The van der Waals surface area contributed by atoms with E-state index in [-0.39, 0.29) is 33.9 Å². The Morgan fingerprint density at radius 1 is 0.833 bits per heavy atom. The molecule has 0 amide bonds. The van der Waals surface area contributed by atoms with Crippen LogP contribution in [-0.2, 0) is 14.6 Å². The Balaban J connectivity index is 0. The molecule has 0 aromatic carbocycles. The third-order valence-electron chi connectivity index (χ3n) is 2.73. The van der Waals surface area contributed by atoms with Gasteiger partial charge < -0.3 is 0 Å². The van der Waals surface area contributed by atoms with E-state index in [2.05, 4.69) is 11.1 Å². The maximum atomic E-state index is 10.2. The Kier molecular flexibility index (Phi) is 16.7. The summed E-state index contributed by atoms with van der Waals surface area (Å²) in [5.74, 6) is 0. The van der Waals surface area contributed by atoms with Crippen LogP contribution in [0.1, 0.15) is 71.1 Å². The molecule has 0 unspecified atom stereocenters. The molecule has 0 aliphatic carbocycles. The minimum atomic E-state index is -4.23. The molecule has 0 aromatic rings. The predicted octanol–water partition coefficient (Wildman–Crippen LogP) is 2.81. The van der Waals surface area contributed by atoms with Gasteiger partial charge in [-0.2, -0.15) is 8.42 Å². The van der Waals surface area contributed by atoms with Crippen molar-refractivity contribution in [2.75, 3.05) is 6.61 Å². The summed E-state index contributed by atoms with van der Waals surface area (Å²) in [4.78, 5) is 0. The molecule has 0 aromatic heterocycles.